The van der Waals surface area contributed by atoms with Gasteiger partial charge in [0.1, 0.15) is 11.3 Å². The van der Waals surface area contributed by atoms with Crippen molar-refractivity contribution in [3.63, 3.8) is 0 Å². The molecule has 1 N–H and O–H groups in total. The molecule has 46 heavy (non-hydrogen) atoms. The van der Waals surface area contributed by atoms with Crippen molar-refractivity contribution < 1.29 is 32.8 Å². The van der Waals surface area contributed by atoms with Gasteiger partial charge in [-0.25, -0.2) is 15.0 Å². The molecule has 6 heterocycles. The van der Waals surface area contributed by atoms with Gasteiger partial charge in [-0.15, -0.1) is 11.3 Å². The van der Waals surface area contributed by atoms with E-state index in [1.807, 2.05) is 36.4 Å². The molecule has 236 valence electrons. The number of nitrogens with zero attached hydrogens (tertiary/aromatic N) is 3. The number of nitrogens with one attached hydrogen (secondary N) is 1. The van der Waals surface area contributed by atoms with E-state index in [0.717, 1.165) is 98.6 Å². The van der Waals surface area contributed by atoms with Gasteiger partial charge in [0.15, 0.2) is 46.0 Å². The minimum Gasteiger partial charge on any atom is -0.454 e. The summed E-state index contributed by atoms with van der Waals surface area (Å²) in [6, 6.07) is 11.7. The Bertz CT molecular complexity index is 1980. The number of hydrogen-bond donors (Lipinski definition) is 1. The van der Waals surface area contributed by atoms with E-state index in [4.69, 9.17) is 47.8 Å². The van der Waals surface area contributed by atoms with E-state index in [-0.39, 0.29) is 32.2 Å². The van der Waals surface area contributed by atoms with E-state index in [1.165, 1.54) is 0 Å². The number of thiazole rings is 1. The predicted molar refractivity (Wildman–Crippen MR) is 171 cm³/mol. The molecule has 3 aliphatic heterocycles. The Morgan fingerprint density at radius 2 is 1.28 bits per heavy atom. The summed E-state index contributed by atoms with van der Waals surface area (Å²) in [5.41, 5.74) is 4.28. The number of H-pyrrole nitrogens is 1. The molecule has 0 saturated heterocycles. The predicted octanol–water partition coefficient (Wildman–Crippen LogP) is 8.14. The second kappa shape index (κ2) is 11.0. The van der Waals surface area contributed by atoms with E-state index in [9.17, 15) is 0 Å². The molecule has 0 amide bonds. The summed E-state index contributed by atoms with van der Waals surface area (Å²) < 4.78 is 41.0. The first-order chi connectivity index (χ1) is 22.6. The molecule has 6 aromatic rings. The van der Waals surface area contributed by atoms with Gasteiger partial charge in [0.25, 0.3) is 0 Å². The van der Waals surface area contributed by atoms with Crippen LogP contribution in [0.15, 0.2) is 40.8 Å². The van der Waals surface area contributed by atoms with E-state index < -0.39 is 0 Å². The van der Waals surface area contributed by atoms with Gasteiger partial charge in [0, 0.05) is 54.2 Å². The number of rotatable bonds is 10. The van der Waals surface area contributed by atoms with Gasteiger partial charge >= 0.3 is 0 Å². The minimum absolute atomic E-state index is 0.107. The lowest BCUT2D eigenvalue weighted by molar-refractivity contribution is 0.173. The topological polar surface area (TPSA) is 123 Å². The number of ether oxygens (including phenoxy) is 6. The van der Waals surface area contributed by atoms with Crippen LogP contribution in [0.3, 0.4) is 0 Å². The van der Waals surface area contributed by atoms with Crippen LogP contribution in [-0.2, 0) is 0 Å². The zero-order valence-electron chi connectivity index (χ0n) is 25.5. The third-order valence-corrected chi connectivity index (χ3v) is 10.4. The number of aromatic amines is 1. The maximum atomic E-state index is 6.41. The normalized spacial score (nSPS) is 16.6. The Kier molecular flexibility index (Phi) is 6.58. The van der Waals surface area contributed by atoms with Gasteiger partial charge in [0.05, 0.1) is 26.3 Å². The zero-order valence-corrected chi connectivity index (χ0v) is 26.3. The van der Waals surface area contributed by atoms with Crippen LogP contribution in [0.4, 0.5) is 0 Å². The van der Waals surface area contributed by atoms with Crippen LogP contribution in [0.1, 0.15) is 80.4 Å². The lowest BCUT2D eigenvalue weighted by atomic mass is 9.89. The van der Waals surface area contributed by atoms with Crippen LogP contribution in [0.5, 0.6) is 34.5 Å². The quantitative estimate of drug-likeness (QED) is 0.157. The monoisotopic (exact) mass is 640 g/mol. The van der Waals surface area contributed by atoms with Gasteiger partial charge in [-0.2, -0.15) is 0 Å². The molecule has 3 atom stereocenters. The number of aromatic nitrogens is 4. The molecule has 3 aromatic carbocycles. The maximum absolute atomic E-state index is 6.41. The summed E-state index contributed by atoms with van der Waals surface area (Å²) >= 11 is 1.74. The Morgan fingerprint density at radius 1 is 0.674 bits per heavy atom. The van der Waals surface area contributed by atoms with E-state index >= 15 is 0 Å². The highest BCUT2D eigenvalue weighted by molar-refractivity contribution is 7.18. The van der Waals surface area contributed by atoms with Crippen molar-refractivity contribution in [2.75, 3.05) is 20.4 Å². The van der Waals surface area contributed by atoms with Crippen LogP contribution < -0.4 is 28.4 Å². The first-order valence-corrected chi connectivity index (χ1v) is 16.6. The lowest BCUT2D eigenvalue weighted by Gasteiger charge is -2.19. The van der Waals surface area contributed by atoms with Crippen LogP contribution >= 0.6 is 11.3 Å². The largest absolute Gasteiger partial charge is 0.454 e. The number of fused-ring (bicyclic) bond motifs is 6. The molecular weight excluding hydrogens is 608 g/mol. The number of hydrogen-bond acceptors (Lipinski definition) is 11. The summed E-state index contributed by atoms with van der Waals surface area (Å²) in [5.74, 6) is 6.73. The second-order valence-electron chi connectivity index (χ2n) is 12.2. The summed E-state index contributed by atoms with van der Waals surface area (Å²) in [5, 5.41) is 1.14. The molecule has 11 nitrogen and oxygen atoms in total. The fraction of sp³-hybridized carbons (Fsp3) is 0.382. The Labute approximate surface area is 267 Å². The molecular formula is C34H32N4O7S. The van der Waals surface area contributed by atoms with E-state index in [0.29, 0.717) is 23.0 Å². The molecule has 0 saturated carbocycles. The SMILES string of the molecule is CCC(CCC(CCC(C)c1nc2cc3c(cc2[nH]1)OCO3)c1nc2cc3c(cc2o1)OCO3)c1nc2cc3c(cc2s1)OCO3. The molecule has 9 rings (SSSR count). The summed E-state index contributed by atoms with van der Waals surface area (Å²) in [4.78, 5) is 18.4. The van der Waals surface area contributed by atoms with Crippen molar-refractivity contribution in [3.8, 4) is 34.5 Å². The fourth-order valence-electron chi connectivity index (χ4n) is 6.56. The van der Waals surface area contributed by atoms with E-state index in [1.54, 1.807) is 11.3 Å². The number of oxazole rings is 1. The van der Waals surface area contributed by atoms with Crippen molar-refractivity contribution in [1.82, 2.24) is 19.9 Å². The maximum Gasteiger partial charge on any atom is 0.231 e. The molecule has 0 fully saturated rings. The minimum atomic E-state index is 0.107. The molecule has 12 heteroatoms. The Morgan fingerprint density at radius 3 is 2.02 bits per heavy atom. The van der Waals surface area contributed by atoms with Crippen molar-refractivity contribution in [2.45, 2.75) is 63.7 Å². The standard InChI is InChI=1S/C34H32N4O7S/c1-3-18(34-38-23-11-28-30(44-16-42-28)13-31(23)46-34)6-7-19(33-37-22-10-27-29(43-15-41-27)12-24(22)45-33)5-4-17(2)32-35-20-8-25-26(40-14-39-25)9-21(20)36-32/h8-13,17-19H,3-7,14-16H2,1-2H3,(H,35,36). The van der Waals surface area contributed by atoms with Gasteiger partial charge in [0.2, 0.25) is 20.4 Å². The summed E-state index contributed by atoms with van der Waals surface area (Å²) in [6.45, 7) is 5.16. The first-order valence-electron chi connectivity index (χ1n) is 15.8. The van der Waals surface area contributed by atoms with Gasteiger partial charge in [-0.1, -0.05) is 13.8 Å². The lowest BCUT2D eigenvalue weighted by Crippen LogP contribution is -2.06. The average Bonchev–Trinajstić information content (AvgIpc) is 3.90. The third kappa shape index (κ3) is 4.82. The van der Waals surface area contributed by atoms with Crippen LogP contribution in [0.2, 0.25) is 0 Å². The third-order valence-electron chi connectivity index (χ3n) is 9.26. The first kappa shape index (κ1) is 27.6. The Hall–Kier alpha value is -4.71. The number of benzene rings is 3. The highest BCUT2D eigenvalue weighted by Gasteiger charge is 2.26. The molecule has 0 bridgehead atoms. The summed E-state index contributed by atoms with van der Waals surface area (Å²) in [7, 11) is 0. The molecule has 0 aliphatic carbocycles. The average molecular weight is 641 g/mol. The van der Waals surface area contributed by atoms with Crippen LogP contribution in [0.25, 0.3) is 32.3 Å². The van der Waals surface area contributed by atoms with Gasteiger partial charge in [-0.3, -0.25) is 0 Å². The van der Waals surface area contributed by atoms with Crippen LogP contribution in [-0.4, -0.2) is 40.3 Å². The summed E-state index contributed by atoms with van der Waals surface area (Å²) in [6.07, 6.45) is 4.64. The second-order valence-corrected chi connectivity index (χ2v) is 13.2. The highest BCUT2D eigenvalue weighted by atomic mass is 32.1. The molecule has 0 spiro atoms. The smallest absolute Gasteiger partial charge is 0.231 e. The van der Waals surface area contributed by atoms with Gasteiger partial charge < -0.3 is 37.8 Å². The zero-order chi connectivity index (χ0) is 30.8. The van der Waals surface area contributed by atoms with Crippen LogP contribution in [0, 0.1) is 0 Å². The van der Waals surface area contributed by atoms with Crippen molar-refractivity contribution in [1.29, 1.82) is 0 Å². The van der Waals surface area contributed by atoms with Crippen molar-refractivity contribution >= 4 is 43.7 Å². The van der Waals surface area contributed by atoms with E-state index in [2.05, 4.69) is 18.8 Å². The fourth-order valence-corrected chi connectivity index (χ4v) is 7.75. The highest BCUT2D eigenvalue weighted by Crippen LogP contribution is 2.43. The number of imidazole rings is 1. The van der Waals surface area contributed by atoms with Crippen molar-refractivity contribution in [3.05, 3.63) is 53.1 Å². The molecule has 3 aliphatic rings. The Balaban J connectivity index is 0.970. The molecule has 0 radical (unpaired) electrons. The van der Waals surface area contributed by atoms with Crippen molar-refractivity contribution in [2.24, 2.45) is 0 Å². The molecule has 3 aromatic heterocycles. The van der Waals surface area contributed by atoms with Gasteiger partial charge in [-0.05, 0) is 32.1 Å². The molecule has 3 unspecified atom stereocenters.